The molecule has 2 aliphatic heterocycles. The summed E-state index contributed by atoms with van der Waals surface area (Å²) in [4.78, 5) is 5.31. The minimum absolute atomic E-state index is 0.386. The van der Waals surface area contributed by atoms with E-state index in [4.69, 9.17) is 4.74 Å². The summed E-state index contributed by atoms with van der Waals surface area (Å²) in [5, 5.41) is 2.63. The molecule has 0 aromatic heterocycles. The van der Waals surface area contributed by atoms with Crippen LogP contribution in [0.25, 0.3) is 10.8 Å². The first-order valence-electron chi connectivity index (χ1n) is 11.7. The maximum Gasteiger partial charge on any atom is 0.243 e. The van der Waals surface area contributed by atoms with Crippen molar-refractivity contribution in [2.24, 2.45) is 0 Å². The van der Waals surface area contributed by atoms with Gasteiger partial charge in [0.1, 0.15) is 0 Å². The second-order valence-electron chi connectivity index (χ2n) is 8.85. The first-order chi connectivity index (χ1) is 16.1. The fourth-order valence-corrected chi connectivity index (χ4v) is 6.25. The molecule has 2 heterocycles. The fourth-order valence-electron chi connectivity index (χ4n) is 4.78. The van der Waals surface area contributed by atoms with Crippen molar-refractivity contribution in [3.05, 3.63) is 77.9 Å². The van der Waals surface area contributed by atoms with Crippen molar-refractivity contribution in [3.8, 4) is 0 Å². The van der Waals surface area contributed by atoms with Gasteiger partial charge in [-0.3, -0.25) is 9.80 Å². The molecule has 5 rings (SSSR count). The van der Waals surface area contributed by atoms with Gasteiger partial charge in [0.05, 0.1) is 18.1 Å². The van der Waals surface area contributed by atoms with Crippen LogP contribution in [0, 0.1) is 0 Å². The highest BCUT2D eigenvalue weighted by molar-refractivity contribution is 7.89. The number of hydrogen-bond acceptors (Lipinski definition) is 5. The second-order valence-corrected chi connectivity index (χ2v) is 10.8. The zero-order valence-electron chi connectivity index (χ0n) is 18.9. The molecule has 0 aliphatic carbocycles. The molecule has 3 aromatic rings. The first kappa shape index (κ1) is 22.5. The lowest BCUT2D eigenvalue weighted by Crippen LogP contribution is -2.45. The number of ether oxygens (including phenoxy) is 1. The molecule has 0 radical (unpaired) electrons. The number of benzene rings is 3. The van der Waals surface area contributed by atoms with Gasteiger partial charge in [-0.1, -0.05) is 54.6 Å². The molecule has 6 nitrogen and oxygen atoms in total. The summed E-state index contributed by atoms with van der Waals surface area (Å²) in [6.45, 7) is 7.47. The van der Waals surface area contributed by atoms with Crippen molar-refractivity contribution in [1.82, 2.24) is 14.1 Å². The Balaban J connectivity index is 1.20. The Hall–Kier alpha value is -2.29. The minimum atomic E-state index is -3.46. The average Bonchev–Trinajstić information content (AvgIpc) is 2.86. The number of hydrogen-bond donors (Lipinski definition) is 0. The Bertz CT molecular complexity index is 1190. The molecule has 33 heavy (non-hydrogen) atoms. The highest BCUT2D eigenvalue weighted by Gasteiger charge is 2.26. The van der Waals surface area contributed by atoms with E-state index in [2.05, 4.69) is 52.3 Å². The van der Waals surface area contributed by atoms with E-state index in [9.17, 15) is 8.42 Å². The zero-order valence-corrected chi connectivity index (χ0v) is 19.7. The highest BCUT2D eigenvalue weighted by Crippen LogP contribution is 2.22. The molecule has 2 aliphatic rings. The average molecular weight is 466 g/mol. The highest BCUT2D eigenvalue weighted by atomic mass is 32.2. The van der Waals surface area contributed by atoms with Gasteiger partial charge in [0.15, 0.2) is 0 Å². The first-order valence-corrected chi connectivity index (χ1v) is 13.1. The van der Waals surface area contributed by atoms with Gasteiger partial charge in [-0.15, -0.1) is 0 Å². The molecule has 0 spiro atoms. The van der Waals surface area contributed by atoms with E-state index < -0.39 is 10.0 Å². The Morgan fingerprint density at radius 3 is 2.18 bits per heavy atom. The Labute approximate surface area is 196 Å². The van der Waals surface area contributed by atoms with Gasteiger partial charge in [0.2, 0.25) is 10.0 Å². The number of rotatable bonds is 6. The molecule has 0 unspecified atom stereocenters. The van der Waals surface area contributed by atoms with E-state index in [-0.39, 0.29) is 0 Å². The molecule has 0 amide bonds. The van der Waals surface area contributed by atoms with Crippen LogP contribution in [0.3, 0.4) is 0 Å². The van der Waals surface area contributed by atoms with Crippen LogP contribution < -0.4 is 0 Å². The molecule has 0 N–H and O–H groups in total. The normalized spacial score (nSPS) is 19.2. The molecule has 3 aromatic carbocycles. The van der Waals surface area contributed by atoms with Crippen molar-refractivity contribution >= 4 is 20.8 Å². The molecule has 0 bridgehead atoms. The van der Waals surface area contributed by atoms with Crippen LogP contribution in [0.1, 0.15) is 11.1 Å². The van der Waals surface area contributed by atoms with Crippen LogP contribution in [0.2, 0.25) is 0 Å². The molecule has 0 saturated carbocycles. The molecule has 2 fully saturated rings. The standard InChI is InChI=1S/C26H31N3O3S/c30-33(31,29-15-17-32-18-16-29)25-9-3-5-22(19-25)20-27-11-13-28(14-12-27)21-24-8-4-7-23-6-1-2-10-26(23)24/h1-10,19H,11-18,20-21H2. The summed E-state index contributed by atoms with van der Waals surface area (Å²) < 4.78 is 32.8. The molecule has 174 valence electrons. The van der Waals surface area contributed by atoms with E-state index in [1.807, 2.05) is 18.2 Å². The van der Waals surface area contributed by atoms with Gasteiger partial charge in [0, 0.05) is 52.4 Å². The molecular formula is C26H31N3O3S. The SMILES string of the molecule is O=S(=O)(c1cccc(CN2CCN(Cc3cccc4ccccc34)CC2)c1)N1CCOCC1. The van der Waals surface area contributed by atoms with Crippen LogP contribution in [-0.4, -0.2) is 75.0 Å². The zero-order chi connectivity index (χ0) is 22.7. The smallest absolute Gasteiger partial charge is 0.243 e. The number of fused-ring (bicyclic) bond motifs is 1. The molecular weight excluding hydrogens is 434 g/mol. The predicted octanol–water partition coefficient (Wildman–Crippen LogP) is 3.18. The monoisotopic (exact) mass is 465 g/mol. The third-order valence-corrected chi connectivity index (χ3v) is 8.55. The maximum atomic E-state index is 13.0. The minimum Gasteiger partial charge on any atom is -0.379 e. The maximum absolute atomic E-state index is 13.0. The van der Waals surface area contributed by atoms with Gasteiger partial charge in [-0.2, -0.15) is 4.31 Å². The van der Waals surface area contributed by atoms with Crippen LogP contribution in [0.15, 0.2) is 71.6 Å². The van der Waals surface area contributed by atoms with Crippen molar-refractivity contribution in [2.45, 2.75) is 18.0 Å². The number of piperazine rings is 1. The summed E-state index contributed by atoms with van der Waals surface area (Å²) in [7, 11) is -3.46. The van der Waals surface area contributed by atoms with Crippen LogP contribution in [-0.2, 0) is 27.8 Å². The fraction of sp³-hybridized carbons (Fsp3) is 0.385. The topological polar surface area (TPSA) is 53.1 Å². The van der Waals surface area contributed by atoms with Gasteiger partial charge in [-0.05, 0) is 34.0 Å². The third kappa shape index (κ3) is 5.13. The van der Waals surface area contributed by atoms with Crippen molar-refractivity contribution in [3.63, 3.8) is 0 Å². The van der Waals surface area contributed by atoms with E-state index in [0.717, 1.165) is 44.8 Å². The summed E-state index contributed by atoms with van der Waals surface area (Å²) >= 11 is 0. The van der Waals surface area contributed by atoms with Crippen LogP contribution in [0.4, 0.5) is 0 Å². The van der Waals surface area contributed by atoms with Crippen molar-refractivity contribution in [1.29, 1.82) is 0 Å². The third-order valence-electron chi connectivity index (χ3n) is 6.65. The van der Waals surface area contributed by atoms with Gasteiger partial charge >= 0.3 is 0 Å². The number of nitrogens with zero attached hydrogens (tertiary/aromatic N) is 3. The Kier molecular flexibility index (Phi) is 6.76. The summed E-state index contributed by atoms with van der Waals surface area (Å²) in [5.74, 6) is 0. The Morgan fingerprint density at radius 1 is 0.727 bits per heavy atom. The van der Waals surface area contributed by atoms with Gasteiger partial charge in [0.25, 0.3) is 0 Å². The predicted molar refractivity (Wildman–Crippen MR) is 131 cm³/mol. The van der Waals surface area contributed by atoms with Crippen molar-refractivity contribution in [2.75, 3.05) is 52.5 Å². The van der Waals surface area contributed by atoms with E-state index in [1.54, 1.807) is 6.07 Å². The number of sulfonamides is 1. The van der Waals surface area contributed by atoms with Crippen molar-refractivity contribution < 1.29 is 13.2 Å². The molecule has 7 heteroatoms. The summed E-state index contributed by atoms with van der Waals surface area (Å²) in [5.41, 5.74) is 2.43. The Morgan fingerprint density at radius 2 is 1.39 bits per heavy atom. The molecule has 2 saturated heterocycles. The lowest BCUT2D eigenvalue weighted by Gasteiger charge is -2.35. The lowest BCUT2D eigenvalue weighted by molar-refractivity contribution is 0.0730. The van der Waals surface area contributed by atoms with Gasteiger partial charge < -0.3 is 4.74 Å². The quantitative estimate of drug-likeness (QED) is 0.560. The van der Waals surface area contributed by atoms with E-state index >= 15 is 0 Å². The summed E-state index contributed by atoms with van der Waals surface area (Å²) in [6.07, 6.45) is 0. The van der Waals surface area contributed by atoms with E-state index in [0.29, 0.717) is 31.2 Å². The molecule has 0 atom stereocenters. The summed E-state index contributed by atoms with van der Waals surface area (Å²) in [6, 6.07) is 22.6. The largest absolute Gasteiger partial charge is 0.379 e. The van der Waals surface area contributed by atoms with E-state index in [1.165, 1.54) is 20.6 Å². The van der Waals surface area contributed by atoms with Crippen LogP contribution >= 0.6 is 0 Å². The second kappa shape index (κ2) is 9.91. The number of morpholine rings is 1. The van der Waals surface area contributed by atoms with Gasteiger partial charge in [-0.25, -0.2) is 8.42 Å². The lowest BCUT2D eigenvalue weighted by atomic mass is 10.0. The van der Waals surface area contributed by atoms with Crippen LogP contribution in [0.5, 0.6) is 0 Å².